The fourth-order valence-corrected chi connectivity index (χ4v) is 5.46. The van der Waals surface area contributed by atoms with Gasteiger partial charge in [0.05, 0.1) is 13.2 Å². The highest BCUT2D eigenvalue weighted by atomic mass is 32.2. The summed E-state index contributed by atoms with van der Waals surface area (Å²) in [5, 5.41) is 9.71. The molecule has 0 fully saturated rings. The van der Waals surface area contributed by atoms with Crippen molar-refractivity contribution in [3.63, 3.8) is 0 Å². The normalized spacial score (nSPS) is 20.5. The van der Waals surface area contributed by atoms with Gasteiger partial charge in [0.15, 0.2) is 0 Å². The smallest absolute Gasteiger partial charge is 0.247 e. The molecule has 0 saturated heterocycles. The van der Waals surface area contributed by atoms with Crippen molar-refractivity contribution in [1.29, 1.82) is 0 Å². The van der Waals surface area contributed by atoms with E-state index >= 15 is 0 Å². The lowest BCUT2D eigenvalue weighted by atomic mass is 10.0. The first-order valence-electron chi connectivity index (χ1n) is 11.0. The van der Waals surface area contributed by atoms with Crippen LogP contribution in [0.1, 0.15) is 31.9 Å². The number of hydrogen-bond donors (Lipinski definition) is 1. The Morgan fingerprint density at radius 2 is 1.94 bits per heavy atom. The van der Waals surface area contributed by atoms with Crippen LogP contribution in [0.5, 0.6) is 5.75 Å². The zero-order valence-corrected chi connectivity index (χ0v) is 20.5. The van der Waals surface area contributed by atoms with E-state index in [9.17, 15) is 22.7 Å². The second-order valence-electron chi connectivity index (χ2n) is 8.56. The molecule has 2 aromatic rings. The molecule has 1 amide bonds. The summed E-state index contributed by atoms with van der Waals surface area (Å²) in [5.41, 5.74) is 0.977. The Morgan fingerprint density at radius 1 is 1.26 bits per heavy atom. The summed E-state index contributed by atoms with van der Waals surface area (Å²) in [6.07, 6.45) is -0.497. The summed E-state index contributed by atoms with van der Waals surface area (Å²) in [5.74, 6) is 5.10. The molecule has 3 atom stereocenters. The maximum Gasteiger partial charge on any atom is 0.247 e. The van der Waals surface area contributed by atoms with Crippen molar-refractivity contribution in [3.8, 4) is 17.6 Å². The molecule has 7 nitrogen and oxygen atoms in total. The van der Waals surface area contributed by atoms with Crippen LogP contribution >= 0.6 is 0 Å². The van der Waals surface area contributed by atoms with Gasteiger partial charge in [0.25, 0.3) is 0 Å². The maximum absolute atomic E-state index is 13.5. The molecule has 182 valence electrons. The van der Waals surface area contributed by atoms with Crippen molar-refractivity contribution in [1.82, 2.24) is 9.21 Å². The van der Waals surface area contributed by atoms with Crippen LogP contribution in [0.2, 0.25) is 0 Å². The molecule has 0 aliphatic carbocycles. The standard InChI is InChI=1S/C25H29FN2O5S/c1-17-14-28(18(2)16-29)34(31,32)25-11-10-21(9-8-20-6-5-7-22(26)12-20)13-23(25)33-24(17)15-27(4)19(3)30/h5-7,10-13,17-18,24,29H,14-16H2,1-4H3/t17-,18+,24+/m1/s1. The Balaban J connectivity index is 2.08. The first-order chi connectivity index (χ1) is 16.0. The molecule has 0 bridgehead atoms. The summed E-state index contributed by atoms with van der Waals surface area (Å²) in [6, 6.07) is 9.77. The number of carbonyl (C=O) groups is 1. The van der Waals surface area contributed by atoms with Crippen molar-refractivity contribution in [2.75, 3.05) is 26.7 Å². The third-order valence-electron chi connectivity index (χ3n) is 5.83. The second-order valence-corrected chi connectivity index (χ2v) is 10.4. The average molecular weight is 489 g/mol. The fraction of sp³-hybridized carbons (Fsp3) is 0.400. The van der Waals surface area contributed by atoms with E-state index in [2.05, 4.69) is 11.8 Å². The molecule has 2 aromatic carbocycles. The number of hydrogen-bond acceptors (Lipinski definition) is 5. The molecule has 0 aromatic heterocycles. The molecule has 9 heteroatoms. The summed E-state index contributed by atoms with van der Waals surface area (Å²) < 4.78 is 47.9. The van der Waals surface area contributed by atoms with Crippen molar-refractivity contribution in [2.24, 2.45) is 5.92 Å². The molecule has 1 aliphatic heterocycles. The highest BCUT2D eigenvalue weighted by molar-refractivity contribution is 7.89. The largest absolute Gasteiger partial charge is 0.487 e. The number of nitrogens with zero attached hydrogens (tertiary/aromatic N) is 2. The summed E-state index contributed by atoms with van der Waals surface area (Å²) in [7, 11) is -2.32. The third-order valence-corrected chi connectivity index (χ3v) is 7.85. The number of amides is 1. The van der Waals surface area contributed by atoms with Gasteiger partial charge in [-0.25, -0.2) is 12.8 Å². The maximum atomic E-state index is 13.5. The average Bonchev–Trinajstić information content (AvgIpc) is 2.79. The number of rotatable bonds is 4. The quantitative estimate of drug-likeness (QED) is 0.669. The van der Waals surface area contributed by atoms with Gasteiger partial charge in [0.2, 0.25) is 15.9 Å². The van der Waals surface area contributed by atoms with Gasteiger partial charge < -0.3 is 14.7 Å². The first-order valence-corrected chi connectivity index (χ1v) is 12.4. The van der Waals surface area contributed by atoms with Gasteiger partial charge >= 0.3 is 0 Å². The lowest BCUT2D eigenvalue weighted by Crippen LogP contribution is -2.50. The lowest BCUT2D eigenvalue weighted by molar-refractivity contribution is -0.129. The summed E-state index contributed by atoms with van der Waals surface area (Å²) in [6.45, 7) is 4.99. The Hall–Kier alpha value is -2.93. The van der Waals surface area contributed by atoms with Gasteiger partial charge in [-0.2, -0.15) is 4.31 Å². The van der Waals surface area contributed by atoms with Gasteiger partial charge in [0.1, 0.15) is 22.6 Å². The number of halogens is 1. The molecular weight excluding hydrogens is 459 g/mol. The van der Waals surface area contributed by atoms with Gasteiger partial charge in [-0.05, 0) is 43.3 Å². The van der Waals surface area contributed by atoms with Crippen LogP contribution in [-0.4, -0.2) is 67.5 Å². The number of aliphatic hydroxyl groups excluding tert-OH is 1. The molecular formula is C25H29FN2O5S. The van der Waals surface area contributed by atoms with Crippen LogP contribution in [0.3, 0.4) is 0 Å². The van der Waals surface area contributed by atoms with E-state index in [1.807, 2.05) is 6.92 Å². The number of sulfonamides is 1. The van der Waals surface area contributed by atoms with Crippen molar-refractivity contribution in [3.05, 3.63) is 59.4 Å². The van der Waals surface area contributed by atoms with Crippen LogP contribution in [0.25, 0.3) is 0 Å². The number of aliphatic hydroxyl groups is 1. The SMILES string of the molecule is CC(=O)N(C)C[C@@H]1Oc2cc(C#Cc3cccc(F)c3)ccc2S(=O)(=O)N([C@@H](C)CO)C[C@H]1C. The number of likely N-dealkylation sites (N-methyl/N-ethyl adjacent to an activating group) is 1. The Morgan fingerprint density at radius 3 is 2.56 bits per heavy atom. The second kappa shape index (κ2) is 10.6. The molecule has 1 heterocycles. The predicted molar refractivity (Wildman–Crippen MR) is 126 cm³/mol. The minimum absolute atomic E-state index is 0.0357. The first kappa shape index (κ1) is 25.7. The van der Waals surface area contributed by atoms with E-state index in [1.165, 1.54) is 34.3 Å². The van der Waals surface area contributed by atoms with Crippen LogP contribution < -0.4 is 4.74 Å². The predicted octanol–water partition coefficient (Wildman–Crippen LogP) is 2.47. The van der Waals surface area contributed by atoms with Crippen LogP contribution in [0.4, 0.5) is 4.39 Å². The summed E-state index contributed by atoms with van der Waals surface area (Å²) >= 11 is 0. The molecule has 0 unspecified atom stereocenters. The van der Waals surface area contributed by atoms with Gasteiger partial charge in [-0.1, -0.05) is 24.8 Å². The van der Waals surface area contributed by atoms with Crippen molar-refractivity contribution < 1.29 is 27.4 Å². The minimum atomic E-state index is -3.97. The number of fused-ring (bicyclic) bond motifs is 1. The van der Waals surface area contributed by atoms with E-state index in [0.29, 0.717) is 11.1 Å². The van der Waals surface area contributed by atoms with Crippen LogP contribution in [0, 0.1) is 23.6 Å². The van der Waals surface area contributed by atoms with Crippen LogP contribution in [0.15, 0.2) is 47.4 Å². The monoisotopic (exact) mass is 488 g/mol. The molecule has 34 heavy (non-hydrogen) atoms. The van der Waals surface area contributed by atoms with Crippen molar-refractivity contribution in [2.45, 2.75) is 37.8 Å². The van der Waals surface area contributed by atoms with Gasteiger partial charge in [-0.15, -0.1) is 0 Å². The highest BCUT2D eigenvalue weighted by Gasteiger charge is 2.38. The Labute approximate surface area is 200 Å². The minimum Gasteiger partial charge on any atom is -0.487 e. The zero-order valence-electron chi connectivity index (χ0n) is 19.7. The Bertz CT molecular complexity index is 1220. The third kappa shape index (κ3) is 5.76. The molecule has 1 N–H and O–H groups in total. The number of benzene rings is 2. The Kier molecular flexibility index (Phi) is 7.97. The van der Waals surface area contributed by atoms with Gasteiger partial charge in [0, 0.05) is 43.6 Å². The van der Waals surface area contributed by atoms with E-state index < -0.39 is 28.0 Å². The van der Waals surface area contributed by atoms with E-state index in [0.717, 1.165) is 0 Å². The number of ether oxygens (including phenoxy) is 1. The van der Waals surface area contributed by atoms with E-state index in [-0.39, 0.29) is 42.2 Å². The molecule has 1 aliphatic rings. The van der Waals surface area contributed by atoms with E-state index in [1.54, 1.807) is 38.2 Å². The molecule has 3 rings (SSSR count). The van der Waals surface area contributed by atoms with Crippen LogP contribution in [-0.2, 0) is 14.8 Å². The fourth-order valence-electron chi connectivity index (χ4n) is 3.63. The topological polar surface area (TPSA) is 87.2 Å². The lowest BCUT2D eigenvalue weighted by Gasteiger charge is -2.37. The highest BCUT2D eigenvalue weighted by Crippen LogP contribution is 2.34. The number of carbonyl (C=O) groups excluding carboxylic acids is 1. The van der Waals surface area contributed by atoms with Crippen molar-refractivity contribution >= 4 is 15.9 Å². The zero-order chi connectivity index (χ0) is 25.0. The molecule has 0 radical (unpaired) electrons. The summed E-state index contributed by atoms with van der Waals surface area (Å²) in [4.78, 5) is 13.3. The van der Waals surface area contributed by atoms with E-state index in [4.69, 9.17) is 4.74 Å². The van der Waals surface area contributed by atoms with Gasteiger partial charge in [-0.3, -0.25) is 4.79 Å². The molecule has 0 saturated carbocycles. The molecule has 0 spiro atoms.